The van der Waals surface area contributed by atoms with Gasteiger partial charge in [0, 0.05) is 18.6 Å². The average molecular weight is 255 g/mol. The Labute approximate surface area is 111 Å². The summed E-state index contributed by atoms with van der Waals surface area (Å²) in [4.78, 5) is 12.4. The van der Waals surface area contributed by atoms with Crippen molar-refractivity contribution in [3.8, 4) is 0 Å². The molecular weight excluding hydrogens is 226 g/mol. The number of carbonyl (C=O) groups excluding carboxylic acids is 1. The number of rotatable bonds is 7. The average Bonchev–Trinajstić information content (AvgIpc) is 2.75. The predicted octanol–water partition coefficient (Wildman–Crippen LogP) is 2.73. The van der Waals surface area contributed by atoms with E-state index in [9.17, 15) is 4.79 Å². The summed E-state index contributed by atoms with van der Waals surface area (Å²) >= 11 is 0. The Morgan fingerprint density at radius 3 is 2.39 bits per heavy atom. The predicted molar refractivity (Wildman–Crippen MR) is 74.2 cm³/mol. The molecule has 0 saturated heterocycles. The van der Waals surface area contributed by atoms with Crippen molar-refractivity contribution < 1.29 is 9.90 Å². The second kappa shape index (κ2) is 7.13. The second-order valence-corrected chi connectivity index (χ2v) is 6.41. The molecule has 0 aromatic rings. The largest absolute Gasteiger partial charge is 0.396 e. The molecule has 1 aliphatic rings. The van der Waals surface area contributed by atoms with Crippen molar-refractivity contribution in [2.24, 2.45) is 17.3 Å². The lowest BCUT2D eigenvalue weighted by molar-refractivity contribution is -0.132. The van der Waals surface area contributed by atoms with E-state index >= 15 is 0 Å². The third-order valence-corrected chi connectivity index (χ3v) is 4.07. The van der Waals surface area contributed by atoms with Crippen LogP contribution in [0.25, 0.3) is 0 Å². The first-order valence-electron chi connectivity index (χ1n) is 7.39. The number of amides is 1. The van der Waals surface area contributed by atoms with Crippen LogP contribution in [0.15, 0.2) is 0 Å². The molecule has 1 saturated carbocycles. The SMILES string of the molecule is CC(C)CC1(C(=O)NCC(C)CCO)CCCC1. The molecular formula is C15H29NO2. The van der Waals surface area contributed by atoms with E-state index in [-0.39, 0.29) is 17.9 Å². The van der Waals surface area contributed by atoms with E-state index in [4.69, 9.17) is 5.11 Å². The standard InChI is InChI=1S/C15H29NO2/c1-12(2)10-15(7-4-5-8-15)14(18)16-11-13(3)6-9-17/h12-13,17H,4-11H2,1-3H3,(H,16,18). The minimum Gasteiger partial charge on any atom is -0.396 e. The molecule has 0 radical (unpaired) electrons. The molecule has 1 fully saturated rings. The van der Waals surface area contributed by atoms with E-state index in [1.165, 1.54) is 12.8 Å². The van der Waals surface area contributed by atoms with Crippen molar-refractivity contribution >= 4 is 5.91 Å². The Kier molecular flexibility index (Phi) is 6.13. The zero-order valence-electron chi connectivity index (χ0n) is 12.2. The number of nitrogens with one attached hydrogen (secondary N) is 1. The van der Waals surface area contributed by atoms with Gasteiger partial charge in [-0.3, -0.25) is 4.79 Å². The first kappa shape index (κ1) is 15.5. The molecule has 0 heterocycles. The van der Waals surface area contributed by atoms with Gasteiger partial charge >= 0.3 is 0 Å². The van der Waals surface area contributed by atoms with E-state index in [1.807, 2.05) is 0 Å². The van der Waals surface area contributed by atoms with E-state index in [0.717, 1.165) is 25.7 Å². The molecule has 1 aliphatic carbocycles. The highest BCUT2D eigenvalue weighted by molar-refractivity contribution is 5.82. The highest BCUT2D eigenvalue weighted by Gasteiger charge is 2.41. The summed E-state index contributed by atoms with van der Waals surface area (Å²) < 4.78 is 0. The number of hydrogen-bond donors (Lipinski definition) is 2. The Hall–Kier alpha value is -0.570. The number of hydrogen-bond acceptors (Lipinski definition) is 2. The maximum atomic E-state index is 12.4. The van der Waals surface area contributed by atoms with Crippen LogP contribution in [0.1, 0.15) is 59.3 Å². The van der Waals surface area contributed by atoms with Crippen LogP contribution in [0.2, 0.25) is 0 Å². The molecule has 0 bridgehead atoms. The maximum Gasteiger partial charge on any atom is 0.226 e. The Balaban J connectivity index is 2.50. The van der Waals surface area contributed by atoms with Gasteiger partial charge in [-0.15, -0.1) is 0 Å². The molecule has 0 aromatic heterocycles. The van der Waals surface area contributed by atoms with Crippen molar-refractivity contribution in [3.05, 3.63) is 0 Å². The summed E-state index contributed by atoms with van der Waals surface area (Å²) in [6.45, 7) is 7.36. The van der Waals surface area contributed by atoms with Gasteiger partial charge in [-0.05, 0) is 37.5 Å². The summed E-state index contributed by atoms with van der Waals surface area (Å²) in [5.41, 5.74) is -0.104. The topological polar surface area (TPSA) is 49.3 Å². The first-order chi connectivity index (χ1) is 8.50. The van der Waals surface area contributed by atoms with E-state index < -0.39 is 0 Å². The van der Waals surface area contributed by atoms with Crippen LogP contribution in [0.3, 0.4) is 0 Å². The van der Waals surface area contributed by atoms with Crippen LogP contribution in [-0.4, -0.2) is 24.2 Å². The van der Waals surface area contributed by atoms with Crippen LogP contribution in [0.4, 0.5) is 0 Å². The lowest BCUT2D eigenvalue weighted by atomic mass is 9.77. The third-order valence-electron chi connectivity index (χ3n) is 4.07. The van der Waals surface area contributed by atoms with E-state index in [2.05, 4.69) is 26.1 Å². The lowest BCUT2D eigenvalue weighted by Gasteiger charge is -2.30. The molecule has 2 N–H and O–H groups in total. The molecule has 1 rings (SSSR count). The van der Waals surface area contributed by atoms with Crippen LogP contribution >= 0.6 is 0 Å². The third kappa shape index (κ3) is 4.27. The summed E-state index contributed by atoms with van der Waals surface area (Å²) in [5.74, 6) is 1.18. The van der Waals surface area contributed by atoms with Gasteiger partial charge in [-0.1, -0.05) is 33.6 Å². The lowest BCUT2D eigenvalue weighted by Crippen LogP contribution is -2.41. The molecule has 0 aromatic carbocycles. The maximum absolute atomic E-state index is 12.4. The van der Waals surface area contributed by atoms with Crippen molar-refractivity contribution in [1.29, 1.82) is 0 Å². The van der Waals surface area contributed by atoms with Gasteiger partial charge in [-0.2, -0.15) is 0 Å². The van der Waals surface area contributed by atoms with E-state index in [1.54, 1.807) is 0 Å². The fraction of sp³-hybridized carbons (Fsp3) is 0.933. The number of aliphatic hydroxyl groups is 1. The molecule has 0 spiro atoms. The molecule has 106 valence electrons. The second-order valence-electron chi connectivity index (χ2n) is 6.41. The molecule has 1 unspecified atom stereocenters. The molecule has 18 heavy (non-hydrogen) atoms. The van der Waals surface area contributed by atoms with Gasteiger partial charge in [0.05, 0.1) is 0 Å². The van der Waals surface area contributed by atoms with Crippen LogP contribution in [-0.2, 0) is 4.79 Å². The minimum absolute atomic E-state index is 0.104. The van der Waals surface area contributed by atoms with Gasteiger partial charge in [0.25, 0.3) is 0 Å². The zero-order valence-corrected chi connectivity index (χ0v) is 12.2. The fourth-order valence-electron chi connectivity index (χ4n) is 3.13. The van der Waals surface area contributed by atoms with Crippen LogP contribution in [0.5, 0.6) is 0 Å². The molecule has 3 nitrogen and oxygen atoms in total. The zero-order chi connectivity index (χ0) is 13.6. The van der Waals surface area contributed by atoms with Crippen molar-refractivity contribution in [2.45, 2.75) is 59.3 Å². The number of carbonyl (C=O) groups is 1. The van der Waals surface area contributed by atoms with Gasteiger partial charge < -0.3 is 10.4 Å². The highest BCUT2D eigenvalue weighted by atomic mass is 16.3. The Morgan fingerprint density at radius 1 is 1.28 bits per heavy atom. The fourth-order valence-corrected chi connectivity index (χ4v) is 3.13. The molecule has 0 aliphatic heterocycles. The monoisotopic (exact) mass is 255 g/mol. The van der Waals surface area contributed by atoms with Gasteiger partial charge in [0.2, 0.25) is 5.91 Å². The van der Waals surface area contributed by atoms with Crippen molar-refractivity contribution in [3.63, 3.8) is 0 Å². The summed E-state index contributed by atoms with van der Waals surface area (Å²) in [6, 6.07) is 0. The Morgan fingerprint density at radius 2 is 1.89 bits per heavy atom. The normalized spacial score (nSPS) is 20.1. The first-order valence-corrected chi connectivity index (χ1v) is 7.39. The van der Waals surface area contributed by atoms with Crippen molar-refractivity contribution in [2.75, 3.05) is 13.2 Å². The van der Waals surface area contributed by atoms with E-state index in [0.29, 0.717) is 18.4 Å². The highest BCUT2D eigenvalue weighted by Crippen LogP contribution is 2.43. The summed E-state index contributed by atoms with van der Waals surface area (Å²) in [7, 11) is 0. The molecule has 1 amide bonds. The molecule has 1 atom stereocenters. The molecule has 3 heteroatoms. The Bertz CT molecular complexity index is 257. The number of aliphatic hydroxyl groups excluding tert-OH is 1. The summed E-state index contributed by atoms with van der Waals surface area (Å²) in [6.07, 6.45) is 6.24. The van der Waals surface area contributed by atoms with Gasteiger partial charge in [0.1, 0.15) is 0 Å². The quantitative estimate of drug-likeness (QED) is 0.735. The minimum atomic E-state index is -0.104. The van der Waals surface area contributed by atoms with Crippen molar-refractivity contribution in [1.82, 2.24) is 5.32 Å². The van der Waals surface area contributed by atoms with Crippen LogP contribution < -0.4 is 5.32 Å². The van der Waals surface area contributed by atoms with Crippen LogP contribution in [0, 0.1) is 17.3 Å². The van der Waals surface area contributed by atoms with Gasteiger partial charge in [-0.25, -0.2) is 0 Å². The smallest absolute Gasteiger partial charge is 0.226 e. The summed E-state index contributed by atoms with van der Waals surface area (Å²) in [5, 5.41) is 12.0. The van der Waals surface area contributed by atoms with Gasteiger partial charge in [0.15, 0.2) is 0 Å².